The topological polar surface area (TPSA) is 65.0 Å². The highest BCUT2D eigenvalue weighted by atomic mass is 16.5. The molecule has 1 aromatic carbocycles. The Hall–Kier alpha value is -1.63. The first-order valence-corrected chi connectivity index (χ1v) is 8.82. The van der Waals surface area contributed by atoms with Gasteiger partial charge in [-0.3, -0.25) is 9.69 Å². The molecule has 0 bridgehead atoms. The Morgan fingerprint density at radius 3 is 2.79 bits per heavy atom. The zero-order valence-electron chi connectivity index (χ0n) is 14.3. The lowest BCUT2D eigenvalue weighted by Crippen LogP contribution is -2.49. The first-order chi connectivity index (χ1) is 11.6. The Morgan fingerprint density at radius 1 is 1.25 bits per heavy atom. The number of aryl methyl sites for hydroxylation is 1. The molecular formula is C18H27N3O3. The van der Waals surface area contributed by atoms with Crippen LogP contribution in [0.5, 0.6) is 5.75 Å². The lowest BCUT2D eigenvalue weighted by molar-refractivity contribution is -0.116. The van der Waals surface area contributed by atoms with Gasteiger partial charge in [0.2, 0.25) is 5.91 Å². The molecule has 6 heteroatoms. The van der Waals surface area contributed by atoms with Crippen LogP contribution in [-0.2, 0) is 11.2 Å². The normalized spacial score (nSPS) is 20.3. The minimum atomic E-state index is -0.347. The van der Waals surface area contributed by atoms with Gasteiger partial charge in [0.25, 0.3) is 0 Å². The minimum Gasteiger partial charge on any atom is -0.493 e. The zero-order chi connectivity index (χ0) is 16.9. The first kappa shape index (κ1) is 17.2. The fraction of sp³-hybridized carbons (Fsp3) is 0.611. The molecule has 0 spiro atoms. The fourth-order valence-electron chi connectivity index (χ4n) is 3.28. The molecule has 2 aliphatic heterocycles. The highest BCUT2D eigenvalue weighted by Crippen LogP contribution is 2.27. The van der Waals surface area contributed by atoms with Crippen LogP contribution in [0.4, 0.5) is 5.69 Å². The molecule has 1 amide bonds. The number of rotatable bonds is 6. The number of nitrogens with one attached hydrogen (secondary N) is 1. The van der Waals surface area contributed by atoms with E-state index < -0.39 is 0 Å². The maximum Gasteiger partial charge on any atom is 0.224 e. The highest BCUT2D eigenvalue weighted by Gasteiger charge is 2.19. The molecule has 1 fully saturated rings. The van der Waals surface area contributed by atoms with Crippen molar-refractivity contribution in [2.24, 2.45) is 0 Å². The summed E-state index contributed by atoms with van der Waals surface area (Å²) in [5.41, 5.74) is 2.07. The van der Waals surface area contributed by atoms with Gasteiger partial charge in [0.05, 0.1) is 6.61 Å². The molecule has 0 radical (unpaired) electrons. The van der Waals surface area contributed by atoms with Gasteiger partial charge in [-0.05, 0) is 31.4 Å². The number of carbonyl (C=O) groups is 1. The van der Waals surface area contributed by atoms with Gasteiger partial charge in [-0.1, -0.05) is 6.07 Å². The standard InChI is InChI=1S/C18H27N3O3/c1-14(22)21-10-8-20(9-11-21)7-2-12-24-16-5-3-15-4-6-18(23)19-17(15)13-16/h3,5,13-14,22H,2,4,6-12H2,1H3,(H,19,23). The van der Waals surface area contributed by atoms with Crippen LogP contribution in [0.2, 0.25) is 0 Å². The summed E-state index contributed by atoms with van der Waals surface area (Å²) in [7, 11) is 0. The van der Waals surface area contributed by atoms with Crippen LogP contribution in [0.25, 0.3) is 0 Å². The number of benzene rings is 1. The number of fused-ring (bicyclic) bond motifs is 1. The highest BCUT2D eigenvalue weighted by molar-refractivity contribution is 5.94. The van der Waals surface area contributed by atoms with E-state index in [1.54, 1.807) is 0 Å². The van der Waals surface area contributed by atoms with Crippen molar-refractivity contribution in [1.82, 2.24) is 9.80 Å². The van der Waals surface area contributed by atoms with Gasteiger partial charge in [0.15, 0.2) is 0 Å². The number of anilines is 1. The van der Waals surface area contributed by atoms with E-state index in [-0.39, 0.29) is 12.1 Å². The molecule has 24 heavy (non-hydrogen) atoms. The number of ether oxygens (including phenoxy) is 1. The molecule has 6 nitrogen and oxygen atoms in total. The Kier molecular flexibility index (Phi) is 5.71. The molecule has 2 N–H and O–H groups in total. The maximum absolute atomic E-state index is 11.5. The summed E-state index contributed by atoms with van der Waals surface area (Å²) < 4.78 is 5.83. The summed E-state index contributed by atoms with van der Waals surface area (Å²) in [6.45, 7) is 7.33. The maximum atomic E-state index is 11.5. The molecule has 1 unspecified atom stereocenters. The van der Waals surface area contributed by atoms with Gasteiger partial charge in [0.1, 0.15) is 12.0 Å². The SMILES string of the molecule is CC(O)N1CCN(CCCOc2ccc3c(c2)NC(=O)CC3)CC1. The van der Waals surface area contributed by atoms with Gasteiger partial charge < -0.3 is 20.1 Å². The van der Waals surface area contributed by atoms with Gasteiger partial charge >= 0.3 is 0 Å². The number of carbonyl (C=O) groups excluding carboxylic acids is 1. The average Bonchev–Trinajstić information content (AvgIpc) is 2.58. The molecule has 3 rings (SSSR count). The van der Waals surface area contributed by atoms with Crippen LogP contribution >= 0.6 is 0 Å². The van der Waals surface area contributed by atoms with Crippen LogP contribution in [0, 0.1) is 0 Å². The van der Waals surface area contributed by atoms with Crippen molar-refractivity contribution in [2.45, 2.75) is 32.4 Å². The third kappa shape index (κ3) is 4.47. The van der Waals surface area contributed by atoms with E-state index >= 15 is 0 Å². The molecule has 0 aliphatic carbocycles. The number of hydrogen-bond donors (Lipinski definition) is 2. The zero-order valence-corrected chi connectivity index (χ0v) is 14.3. The number of aliphatic hydroxyl groups is 1. The number of nitrogens with zero attached hydrogens (tertiary/aromatic N) is 2. The molecule has 2 aliphatic rings. The van der Waals surface area contributed by atoms with E-state index in [1.807, 2.05) is 25.1 Å². The van der Waals surface area contributed by atoms with Crippen molar-refractivity contribution in [3.05, 3.63) is 23.8 Å². The lowest BCUT2D eigenvalue weighted by atomic mass is 10.0. The quantitative estimate of drug-likeness (QED) is 0.768. The molecule has 1 atom stereocenters. The molecule has 0 saturated carbocycles. The van der Waals surface area contributed by atoms with Crippen molar-refractivity contribution in [3.8, 4) is 5.75 Å². The van der Waals surface area contributed by atoms with Gasteiger partial charge in [-0.25, -0.2) is 0 Å². The number of aliphatic hydroxyl groups excluding tert-OH is 1. The largest absolute Gasteiger partial charge is 0.493 e. The Balaban J connectivity index is 1.38. The minimum absolute atomic E-state index is 0.0796. The molecule has 0 aromatic heterocycles. The second kappa shape index (κ2) is 7.96. The van der Waals surface area contributed by atoms with Crippen molar-refractivity contribution < 1.29 is 14.6 Å². The Morgan fingerprint density at radius 2 is 2.04 bits per heavy atom. The molecular weight excluding hydrogens is 306 g/mol. The molecule has 1 aromatic rings. The van der Waals surface area contributed by atoms with Crippen molar-refractivity contribution in [2.75, 3.05) is 44.6 Å². The van der Waals surface area contributed by atoms with Crippen LogP contribution in [0.1, 0.15) is 25.3 Å². The number of hydrogen-bond acceptors (Lipinski definition) is 5. The summed E-state index contributed by atoms with van der Waals surface area (Å²) in [4.78, 5) is 16.0. The second-order valence-electron chi connectivity index (χ2n) is 6.58. The molecule has 132 valence electrons. The van der Waals surface area contributed by atoms with Crippen LogP contribution in [0.3, 0.4) is 0 Å². The van der Waals surface area contributed by atoms with Crippen molar-refractivity contribution >= 4 is 11.6 Å². The van der Waals surface area contributed by atoms with Crippen LogP contribution in [-0.4, -0.2) is 66.4 Å². The van der Waals surface area contributed by atoms with Gasteiger partial charge in [-0.15, -0.1) is 0 Å². The van der Waals surface area contributed by atoms with E-state index in [0.29, 0.717) is 13.0 Å². The monoisotopic (exact) mass is 333 g/mol. The predicted molar refractivity (Wildman–Crippen MR) is 93.2 cm³/mol. The summed E-state index contributed by atoms with van der Waals surface area (Å²) in [6.07, 6.45) is 1.99. The van der Waals surface area contributed by atoms with Crippen LogP contribution < -0.4 is 10.1 Å². The summed E-state index contributed by atoms with van der Waals surface area (Å²) >= 11 is 0. The molecule has 2 heterocycles. The van der Waals surface area contributed by atoms with E-state index in [9.17, 15) is 9.90 Å². The van der Waals surface area contributed by atoms with E-state index in [2.05, 4.69) is 15.1 Å². The first-order valence-electron chi connectivity index (χ1n) is 8.82. The number of amides is 1. The summed E-state index contributed by atoms with van der Waals surface area (Å²) in [5.74, 6) is 0.894. The lowest BCUT2D eigenvalue weighted by Gasteiger charge is -2.36. The van der Waals surface area contributed by atoms with Gasteiger partial charge in [-0.2, -0.15) is 0 Å². The average molecular weight is 333 g/mol. The Bertz CT molecular complexity index is 569. The second-order valence-corrected chi connectivity index (χ2v) is 6.58. The predicted octanol–water partition coefficient (Wildman–Crippen LogP) is 1.30. The third-order valence-corrected chi connectivity index (χ3v) is 4.80. The fourth-order valence-corrected chi connectivity index (χ4v) is 3.28. The van der Waals surface area contributed by atoms with Gasteiger partial charge in [0, 0.05) is 50.9 Å². The summed E-state index contributed by atoms with van der Waals surface area (Å²) in [6, 6.07) is 5.95. The van der Waals surface area contributed by atoms with E-state index in [0.717, 1.165) is 57.0 Å². The number of piperazine rings is 1. The van der Waals surface area contributed by atoms with Crippen molar-refractivity contribution in [3.63, 3.8) is 0 Å². The Labute approximate surface area is 143 Å². The summed E-state index contributed by atoms with van der Waals surface area (Å²) in [5, 5.41) is 12.5. The smallest absolute Gasteiger partial charge is 0.224 e. The van der Waals surface area contributed by atoms with E-state index in [1.165, 1.54) is 5.56 Å². The van der Waals surface area contributed by atoms with Crippen molar-refractivity contribution in [1.29, 1.82) is 0 Å². The molecule has 1 saturated heterocycles. The van der Waals surface area contributed by atoms with E-state index in [4.69, 9.17) is 4.74 Å². The third-order valence-electron chi connectivity index (χ3n) is 4.80. The van der Waals surface area contributed by atoms with Crippen LogP contribution in [0.15, 0.2) is 18.2 Å².